The fourth-order valence-corrected chi connectivity index (χ4v) is 2.60. The van der Waals surface area contributed by atoms with Crippen molar-refractivity contribution < 1.29 is 14.7 Å². The van der Waals surface area contributed by atoms with E-state index in [0.29, 0.717) is 17.3 Å². The zero-order valence-corrected chi connectivity index (χ0v) is 12.3. The van der Waals surface area contributed by atoms with Crippen LogP contribution in [0.1, 0.15) is 46.5 Å². The van der Waals surface area contributed by atoms with Crippen molar-refractivity contribution in [3.05, 3.63) is 59.4 Å². The molecule has 1 fully saturated rings. The fourth-order valence-electron chi connectivity index (χ4n) is 2.60. The number of hydrogen-bond acceptors (Lipinski definition) is 2. The third kappa shape index (κ3) is 2.88. The normalized spacial score (nSPS) is 15.3. The average molecular weight is 298 g/mol. The lowest BCUT2D eigenvalue weighted by Crippen LogP contribution is -2.34. The van der Waals surface area contributed by atoms with Crippen LogP contribution in [0.15, 0.2) is 42.6 Å². The Bertz CT molecular complexity index is 716. The molecule has 0 aliphatic heterocycles. The van der Waals surface area contributed by atoms with Crippen LogP contribution in [0, 0.1) is 6.92 Å². The van der Waals surface area contributed by atoms with E-state index in [2.05, 4.69) is 5.32 Å². The van der Waals surface area contributed by atoms with Gasteiger partial charge in [0.25, 0.3) is 5.91 Å². The molecule has 1 heterocycles. The zero-order valence-electron chi connectivity index (χ0n) is 12.3. The Morgan fingerprint density at radius 3 is 2.68 bits per heavy atom. The maximum Gasteiger partial charge on any atom is 0.330 e. The van der Waals surface area contributed by atoms with Gasteiger partial charge in [0.05, 0.1) is 0 Å². The van der Waals surface area contributed by atoms with Gasteiger partial charge < -0.3 is 15.0 Å². The largest absolute Gasteiger partial charge is 0.479 e. The monoisotopic (exact) mass is 298 g/mol. The highest BCUT2D eigenvalue weighted by Crippen LogP contribution is 2.36. The molecule has 3 rings (SSSR count). The highest BCUT2D eigenvalue weighted by Gasteiger charge is 2.29. The minimum Gasteiger partial charge on any atom is -0.479 e. The fraction of sp³-hybridized carbons (Fsp3) is 0.294. The quantitative estimate of drug-likeness (QED) is 0.891. The van der Waals surface area contributed by atoms with Crippen LogP contribution >= 0.6 is 0 Å². The van der Waals surface area contributed by atoms with Gasteiger partial charge in [-0.3, -0.25) is 4.79 Å². The van der Waals surface area contributed by atoms with Gasteiger partial charge in [0.15, 0.2) is 6.04 Å². The molecule has 2 aromatic rings. The molecule has 1 saturated carbocycles. The highest BCUT2D eigenvalue weighted by molar-refractivity contribution is 5.95. The number of hydrogen-bond donors (Lipinski definition) is 2. The Morgan fingerprint density at radius 2 is 2.05 bits per heavy atom. The molecule has 0 spiro atoms. The number of carbonyl (C=O) groups excluding carboxylic acids is 1. The lowest BCUT2D eigenvalue weighted by atomic mass is 10.0. The molecule has 2 N–H and O–H groups in total. The highest BCUT2D eigenvalue weighted by atomic mass is 16.4. The molecule has 5 heteroatoms. The summed E-state index contributed by atoms with van der Waals surface area (Å²) in [6.45, 7) is 1.89. The molecule has 1 aromatic carbocycles. The number of amides is 1. The van der Waals surface area contributed by atoms with Crippen LogP contribution in [-0.4, -0.2) is 21.6 Å². The van der Waals surface area contributed by atoms with Gasteiger partial charge >= 0.3 is 5.97 Å². The predicted molar refractivity (Wildman–Crippen MR) is 81.7 cm³/mol. The van der Waals surface area contributed by atoms with Crippen LogP contribution in [0.25, 0.3) is 0 Å². The van der Waals surface area contributed by atoms with E-state index in [-0.39, 0.29) is 5.91 Å². The Morgan fingerprint density at radius 1 is 1.27 bits per heavy atom. The van der Waals surface area contributed by atoms with Gasteiger partial charge in [-0.2, -0.15) is 0 Å². The number of rotatable bonds is 5. The molecule has 22 heavy (non-hydrogen) atoms. The molecule has 1 aliphatic rings. The number of nitrogens with zero attached hydrogens (tertiary/aromatic N) is 1. The van der Waals surface area contributed by atoms with Crippen LogP contribution in [0.3, 0.4) is 0 Å². The number of carboxylic acid groups (broad SMARTS) is 1. The number of aryl methyl sites for hydroxylation is 1. The van der Waals surface area contributed by atoms with Crippen LogP contribution < -0.4 is 5.32 Å². The van der Waals surface area contributed by atoms with Crippen LogP contribution in [0.4, 0.5) is 0 Å². The smallest absolute Gasteiger partial charge is 0.330 e. The maximum absolute atomic E-state index is 12.4. The Kier molecular flexibility index (Phi) is 3.71. The minimum absolute atomic E-state index is 0.356. The van der Waals surface area contributed by atoms with E-state index in [4.69, 9.17) is 0 Å². The second-order valence-electron chi connectivity index (χ2n) is 5.69. The maximum atomic E-state index is 12.4. The molecule has 0 unspecified atom stereocenters. The van der Waals surface area contributed by atoms with Gasteiger partial charge in [-0.25, -0.2) is 4.79 Å². The van der Waals surface area contributed by atoms with E-state index in [1.54, 1.807) is 24.3 Å². The molecule has 5 nitrogen and oxygen atoms in total. The summed E-state index contributed by atoms with van der Waals surface area (Å²) in [7, 11) is 0. The van der Waals surface area contributed by atoms with E-state index in [0.717, 1.165) is 18.4 Å². The lowest BCUT2D eigenvalue weighted by Gasteiger charge is -2.16. The number of aliphatic carboxylic acids is 1. The number of nitrogens with one attached hydrogen (secondary N) is 1. The molecular weight excluding hydrogens is 280 g/mol. The van der Waals surface area contributed by atoms with Crippen molar-refractivity contribution in [3.8, 4) is 0 Å². The summed E-state index contributed by atoms with van der Waals surface area (Å²) < 4.78 is 1.92. The molecule has 1 atom stereocenters. The second-order valence-corrected chi connectivity index (χ2v) is 5.69. The molecule has 114 valence electrons. The van der Waals surface area contributed by atoms with Gasteiger partial charge in [0.1, 0.15) is 5.69 Å². The number of aromatic nitrogens is 1. The Labute approximate surface area is 128 Å². The first-order valence-electron chi connectivity index (χ1n) is 7.33. The minimum atomic E-state index is -1.07. The summed E-state index contributed by atoms with van der Waals surface area (Å²) in [4.78, 5) is 24.0. The summed E-state index contributed by atoms with van der Waals surface area (Å²) in [5, 5.41) is 12.1. The van der Waals surface area contributed by atoms with Crippen molar-refractivity contribution in [1.29, 1.82) is 0 Å². The molecule has 0 bridgehead atoms. The van der Waals surface area contributed by atoms with Crippen molar-refractivity contribution in [2.45, 2.75) is 31.8 Å². The molecule has 1 amide bonds. The third-order valence-corrected chi connectivity index (χ3v) is 3.85. The van der Waals surface area contributed by atoms with Crippen LogP contribution in [0.5, 0.6) is 0 Å². The summed E-state index contributed by atoms with van der Waals surface area (Å²) >= 11 is 0. The first kappa shape index (κ1) is 14.4. The van der Waals surface area contributed by atoms with Crippen molar-refractivity contribution in [1.82, 2.24) is 9.88 Å². The van der Waals surface area contributed by atoms with Gasteiger partial charge in [-0.15, -0.1) is 0 Å². The summed E-state index contributed by atoms with van der Waals surface area (Å²) in [5.41, 5.74) is 2.05. The van der Waals surface area contributed by atoms with Crippen LogP contribution in [-0.2, 0) is 4.79 Å². The van der Waals surface area contributed by atoms with Crippen molar-refractivity contribution in [3.63, 3.8) is 0 Å². The Hall–Kier alpha value is -2.56. The van der Waals surface area contributed by atoms with E-state index in [1.807, 2.05) is 29.8 Å². The zero-order chi connectivity index (χ0) is 15.7. The molecule has 1 aromatic heterocycles. The van der Waals surface area contributed by atoms with E-state index in [9.17, 15) is 14.7 Å². The molecular formula is C17H18N2O3. The van der Waals surface area contributed by atoms with E-state index >= 15 is 0 Å². The predicted octanol–water partition coefficient (Wildman–Crippen LogP) is 2.69. The third-order valence-electron chi connectivity index (χ3n) is 3.85. The lowest BCUT2D eigenvalue weighted by molar-refractivity contribution is -0.139. The Balaban J connectivity index is 1.83. The number of carboxylic acids is 1. The first-order chi connectivity index (χ1) is 10.6. The molecule has 0 radical (unpaired) electrons. The number of carbonyl (C=O) groups is 2. The molecule has 0 saturated heterocycles. The molecule has 1 aliphatic carbocycles. The SMILES string of the molecule is Cc1cccc([C@@H](NC(=O)c2cccn2C2CC2)C(=O)O)c1. The second kappa shape index (κ2) is 5.67. The van der Waals surface area contributed by atoms with Gasteiger partial charge in [-0.1, -0.05) is 29.8 Å². The topological polar surface area (TPSA) is 71.3 Å². The first-order valence-corrected chi connectivity index (χ1v) is 7.33. The van der Waals surface area contributed by atoms with Crippen molar-refractivity contribution in [2.75, 3.05) is 0 Å². The van der Waals surface area contributed by atoms with E-state index in [1.165, 1.54) is 0 Å². The van der Waals surface area contributed by atoms with E-state index < -0.39 is 12.0 Å². The van der Waals surface area contributed by atoms with Crippen molar-refractivity contribution >= 4 is 11.9 Å². The standard InChI is InChI=1S/C17H18N2O3/c1-11-4-2-5-12(10-11)15(17(21)22)18-16(20)14-6-3-9-19(14)13-7-8-13/h2-6,9-10,13,15H,7-8H2,1H3,(H,18,20)(H,21,22)/t15-/m1/s1. The van der Waals surface area contributed by atoms with Crippen LogP contribution in [0.2, 0.25) is 0 Å². The van der Waals surface area contributed by atoms with Gasteiger partial charge in [-0.05, 0) is 37.5 Å². The van der Waals surface area contributed by atoms with Crippen molar-refractivity contribution in [2.24, 2.45) is 0 Å². The van der Waals surface area contributed by atoms with Gasteiger partial charge in [0, 0.05) is 12.2 Å². The summed E-state index contributed by atoms with van der Waals surface area (Å²) in [6, 6.07) is 10.0. The summed E-state index contributed by atoms with van der Waals surface area (Å²) in [5.74, 6) is -1.42. The van der Waals surface area contributed by atoms with Gasteiger partial charge in [0.2, 0.25) is 0 Å². The summed E-state index contributed by atoms with van der Waals surface area (Å²) in [6.07, 6.45) is 4.00. The number of benzene rings is 1. The average Bonchev–Trinajstić information content (AvgIpc) is 3.21.